The van der Waals surface area contributed by atoms with Gasteiger partial charge in [-0.2, -0.15) is 0 Å². The van der Waals surface area contributed by atoms with Gasteiger partial charge in [0.05, 0.1) is 0 Å². The fraction of sp³-hybridized carbons (Fsp3) is 1.00. The molecule has 0 aromatic heterocycles. The quantitative estimate of drug-likeness (QED) is 0.161. The van der Waals surface area contributed by atoms with Gasteiger partial charge in [0, 0.05) is 5.54 Å². The lowest BCUT2D eigenvalue weighted by molar-refractivity contribution is 0.106. The summed E-state index contributed by atoms with van der Waals surface area (Å²) in [6.07, 6.45) is 31.4. The van der Waals surface area contributed by atoms with E-state index in [0.717, 1.165) is 19.3 Å². The second-order valence-corrected chi connectivity index (χ2v) is 9.69. The van der Waals surface area contributed by atoms with Gasteiger partial charge in [0.25, 0.3) is 0 Å². The van der Waals surface area contributed by atoms with E-state index in [1.54, 1.807) is 7.05 Å². The van der Waals surface area contributed by atoms with Crippen LogP contribution in [0.5, 0.6) is 0 Å². The van der Waals surface area contributed by atoms with E-state index in [1.165, 1.54) is 133 Å². The summed E-state index contributed by atoms with van der Waals surface area (Å²) >= 11 is 0. The van der Waals surface area contributed by atoms with Gasteiger partial charge in [-0.05, 0) is 26.3 Å². The molecule has 1 aliphatic rings. The van der Waals surface area contributed by atoms with Crippen LogP contribution in [0.1, 0.15) is 155 Å². The molecule has 0 aromatic carbocycles. The summed E-state index contributed by atoms with van der Waals surface area (Å²) in [5, 5.41) is 13.3. The molecule has 1 saturated carbocycles. The molecule has 0 bridgehead atoms. The summed E-state index contributed by atoms with van der Waals surface area (Å²) in [5.41, 5.74) is -0.00619. The smallest absolute Gasteiger partial charge is 0.00884 e. The maximum atomic E-state index is 12.0. The van der Waals surface area contributed by atoms with Crippen molar-refractivity contribution in [3.63, 3.8) is 0 Å². The predicted octanol–water partition coefficient (Wildman–Crippen LogP) is 9.16. The number of hydroxylamine groups is 2. The summed E-state index contributed by atoms with van der Waals surface area (Å²) in [7, 11) is 1.76. The largest absolute Gasteiger partial charge is 0.785 e. The standard InChI is InChI=1S/C26H52NO/c1-3-4-5-6-7-8-9-10-11-12-13-14-15-16-17-18-20-23-26(27(2)28)24-21-19-22-25-26/h3-25H2,1-2H3/q-1. The molecular weight excluding hydrogens is 342 g/mol. The Hall–Kier alpha value is -0.0800. The minimum atomic E-state index is -0.00619. The molecule has 0 saturated heterocycles. The van der Waals surface area contributed by atoms with Crippen molar-refractivity contribution in [1.29, 1.82) is 0 Å². The fourth-order valence-corrected chi connectivity index (χ4v) is 5.11. The average Bonchev–Trinajstić information content (AvgIpc) is 2.71. The van der Waals surface area contributed by atoms with Gasteiger partial charge in [0.1, 0.15) is 0 Å². The van der Waals surface area contributed by atoms with Gasteiger partial charge in [-0.1, -0.05) is 135 Å². The van der Waals surface area contributed by atoms with E-state index in [-0.39, 0.29) is 5.54 Å². The van der Waals surface area contributed by atoms with Crippen LogP contribution < -0.4 is 0 Å². The zero-order chi connectivity index (χ0) is 20.3. The lowest BCUT2D eigenvalue weighted by Crippen LogP contribution is -2.44. The molecule has 0 aliphatic heterocycles. The van der Waals surface area contributed by atoms with Crippen LogP contribution in [0.4, 0.5) is 0 Å². The second-order valence-electron chi connectivity index (χ2n) is 9.69. The van der Waals surface area contributed by atoms with Crippen molar-refractivity contribution >= 4 is 0 Å². The number of nitrogens with zero attached hydrogens (tertiary/aromatic N) is 1. The van der Waals surface area contributed by atoms with Crippen molar-refractivity contribution in [2.75, 3.05) is 7.05 Å². The molecule has 0 spiro atoms. The summed E-state index contributed by atoms with van der Waals surface area (Å²) in [4.78, 5) is 0. The van der Waals surface area contributed by atoms with Gasteiger partial charge in [0.15, 0.2) is 0 Å². The molecule has 2 nitrogen and oxygen atoms in total. The third kappa shape index (κ3) is 12.5. The van der Waals surface area contributed by atoms with Crippen LogP contribution in [0.3, 0.4) is 0 Å². The first-order chi connectivity index (χ1) is 13.7. The summed E-state index contributed by atoms with van der Waals surface area (Å²) in [5.74, 6) is 0. The molecule has 168 valence electrons. The summed E-state index contributed by atoms with van der Waals surface area (Å²) in [6, 6.07) is 0. The first-order valence-electron chi connectivity index (χ1n) is 13.1. The Kier molecular flexibility index (Phi) is 16.5. The maximum absolute atomic E-state index is 12.0. The van der Waals surface area contributed by atoms with Gasteiger partial charge in [-0.15, -0.1) is 0 Å². The van der Waals surface area contributed by atoms with E-state index in [0.29, 0.717) is 0 Å². The zero-order valence-electron chi connectivity index (χ0n) is 19.6. The van der Waals surface area contributed by atoms with Crippen LogP contribution in [-0.2, 0) is 0 Å². The summed E-state index contributed by atoms with van der Waals surface area (Å²) < 4.78 is 0. The average molecular weight is 395 g/mol. The SMILES string of the molecule is CCCCCCCCCCCCCCCCCCCC1(N(C)[O-])CCCCC1. The second kappa shape index (κ2) is 17.8. The lowest BCUT2D eigenvalue weighted by Gasteiger charge is -2.49. The normalized spacial score (nSPS) is 16.7. The molecule has 0 amide bonds. The Morgan fingerprint density at radius 3 is 1.29 bits per heavy atom. The molecule has 0 atom stereocenters. The van der Waals surface area contributed by atoms with Crippen LogP contribution in [0.25, 0.3) is 0 Å². The molecule has 0 radical (unpaired) electrons. The minimum Gasteiger partial charge on any atom is -0.785 e. The Morgan fingerprint density at radius 1 is 0.571 bits per heavy atom. The van der Waals surface area contributed by atoms with Crippen LogP contribution in [0.2, 0.25) is 0 Å². The molecular formula is C26H52NO-. The third-order valence-electron chi connectivity index (χ3n) is 7.20. The lowest BCUT2D eigenvalue weighted by atomic mass is 9.78. The van der Waals surface area contributed by atoms with Crippen molar-refractivity contribution in [2.24, 2.45) is 0 Å². The molecule has 0 aromatic rings. The van der Waals surface area contributed by atoms with Gasteiger partial charge in [-0.25, -0.2) is 0 Å². The molecule has 1 rings (SSSR count). The highest BCUT2D eigenvalue weighted by Crippen LogP contribution is 2.36. The Bertz CT molecular complexity index is 322. The number of unbranched alkanes of at least 4 members (excludes halogenated alkanes) is 16. The number of rotatable bonds is 19. The predicted molar refractivity (Wildman–Crippen MR) is 126 cm³/mol. The van der Waals surface area contributed by atoms with E-state index >= 15 is 0 Å². The van der Waals surface area contributed by atoms with E-state index in [4.69, 9.17) is 0 Å². The van der Waals surface area contributed by atoms with Gasteiger partial charge < -0.3 is 10.3 Å². The third-order valence-corrected chi connectivity index (χ3v) is 7.20. The first kappa shape index (κ1) is 26.0. The van der Waals surface area contributed by atoms with Crippen molar-refractivity contribution < 1.29 is 0 Å². The Balaban J connectivity index is 1.81. The number of hydrogen-bond donors (Lipinski definition) is 0. The highest BCUT2D eigenvalue weighted by Gasteiger charge is 2.30. The fourth-order valence-electron chi connectivity index (χ4n) is 5.11. The van der Waals surface area contributed by atoms with E-state index < -0.39 is 0 Å². The van der Waals surface area contributed by atoms with Crippen LogP contribution in [0, 0.1) is 5.21 Å². The topological polar surface area (TPSA) is 26.3 Å². The molecule has 0 unspecified atom stereocenters. The molecule has 0 heterocycles. The molecule has 0 N–H and O–H groups in total. The van der Waals surface area contributed by atoms with E-state index in [9.17, 15) is 5.21 Å². The minimum absolute atomic E-state index is 0.00619. The van der Waals surface area contributed by atoms with E-state index in [2.05, 4.69) is 6.92 Å². The summed E-state index contributed by atoms with van der Waals surface area (Å²) in [6.45, 7) is 2.29. The van der Waals surface area contributed by atoms with Gasteiger partial charge in [0.2, 0.25) is 0 Å². The van der Waals surface area contributed by atoms with E-state index in [1.807, 2.05) is 0 Å². The monoisotopic (exact) mass is 394 g/mol. The zero-order valence-corrected chi connectivity index (χ0v) is 19.6. The maximum Gasteiger partial charge on any atom is 0.00884 e. The highest BCUT2D eigenvalue weighted by molar-refractivity contribution is 4.92. The van der Waals surface area contributed by atoms with Crippen LogP contribution in [-0.4, -0.2) is 17.6 Å². The van der Waals surface area contributed by atoms with Gasteiger partial charge >= 0.3 is 0 Å². The van der Waals surface area contributed by atoms with Crippen molar-refractivity contribution in [2.45, 2.75) is 160 Å². The van der Waals surface area contributed by atoms with Crippen LogP contribution in [0.15, 0.2) is 0 Å². The Labute approximate surface area is 177 Å². The molecule has 2 heteroatoms. The van der Waals surface area contributed by atoms with Crippen molar-refractivity contribution in [1.82, 2.24) is 5.06 Å². The van der Waals surface area contributed by atoms with Gasteiger partial charge in [-0.3, -0.25) is 0 Å². The molecule has 28 heavy (non-hydrogen) atoms. The number of hydrogen-bond acceptors (Lipinski definition) is 2. The van der Waals surface area contributed by atoms with Crippen molar-refractivity contribution in [3.8, 4) is 0 Å². The molecule has 1 fully saturated rings. The molecule has 1 aliphatic carbocycles. The first-order valence-corrected chi connectivity index (χ1v) is 13.1. The van der Waals surface area contributed by atoms with Crippen molar-refractivity contribution in [3.05, 3.63) is 5.21 Å². The highest BCUT2D eigenvalue weighted by atomic mass is 16.5. The Morgan fingerprint density at radius 2 is 0.929 bits per heavy atom. The van der Waals surface area contributed by atoms with Crippen LogP contribution >= 0.6 is 0 Å².